The Bertz CT molecular complexity index is 1270. The lowest BCUT2D eigenvalue weighted by Gasteiger charge is -2.41. The third-order valence-electron chi connectivity index (χ3n) is 7.07. The number of para-hydroxylation sites is 1. The normalized spacial score (nSPS) is 18.3. The monoisotopic (exact) mass is 467 g/mol. The second-order valence-electron chi connectivity index (χ2n) is 9.18. The van der Waals surface area contributed by atoms with Gasteiger partial charge in [-0.15, -0.1) is 0 Å². The second-order valence-corrected chi connectivity index (χ2v) is 9.18. The molecule has 7 nitrogen and oxygen atoms in total. The average Bonchev–Trinajstić information content (AvgIpc) is 3.26. The van der Waals surface area contributed by atoms with Crippen LogP contribution in [0.5, 0.6) is 17.4 Å². The molecule has 4 aromatic rings. The van der Waals surface area contributed by atoms with Crippen molar-refractivity contribution >= 4 is 5.69 Å². The fraction of sp³-hybridized carbons (Fsp3) is 0.286. The largest absolute Gasteiger partial charge is 0.493 e. The molecule has 3 heterocycles. The lowest BCUT2D eigenvalue weighted by molar-refractivity contribution is 0.169. The summed E-state index contributed by atoms with van der Waals surface area (Å²) in [5.41, 5.74) is 3.20. The predicted molar refractivity (Wildman–Crippen MR) is 136 cm³/mol. The molecule has 1 N–H and O–H groups in total. The standard InChI is InChI=1S/C28H29N5O2/c34-28-25-20-22(11-14-26(25)30-33(28)27-8-4-5-15-29-27)32-18-16-31(17-19-32)21-9-12-24(13-10-21)35-23-6-2-1-3-7-23/h1-10,12-13,15,22,34H,11,14,16-20H2. The number of hydrogen-bond donors (Lipinski definition) is 1. The van der Waals surface area contributed by atoms with Crippen molar-refractivity contribution in [3.05, 3.63) is 90.3 Å². The summed E-state index contributed by atoms with van der Waals surface area (Å²) >= 11 is 0. The van der Waals surface area contributed by atoms with Crippen molar-refractivity contribution in [1.82, 2.24) is 19.7 Å². The molecular weight excluding hydrogens is 438 g/mol. The maximum atomic E-state index is 10.9. The van der Waals surface area contributed by atoms with Crippen molar-refractivity contribution in [1.29, 1.82) is 0 Å². The molecule has 1 aliphatic carbocycles. The summed E-state index contributed by atoms with van der Waals surface area (Å²) in [4.78, 5) is 9.35. The second kappa shape index (κ2) is 9.43. The van der Waals surface area contributed by atoms with Gasteiger partial charge in [-0.05, 0) is 67.8 Å². The van der Waals surface area contributed by atoms with Gasteiger partial charge in [0, 0.05) is 49.7 Å². The molecule has 0 amide bonds. The highest BCUT2D eigenvalue weighted by Gasteiger charge is 2.31. The van der Waals surface area contributed by atoms with Gasteiger partial charge in [0.2, 0.25) is 5.88 Å². The van der Waals surface area contributed by atoms with Crippen LogP contribution in [-0.2, 0) is 12.8 Å². The number of rotatable bonds is 5. The molecule has 2 aromatic carbocycles. The van der Waals surface area contributed by atoms with Crippen LogP contribution in [0, 0.1) is 0 Å². The Labute approximate surface area is 205 Å². The van der Waals surface area contributed by atoms with E-state index in [-0.39, 0.29) is 5.88 Å². The lowest BCUT2D eigenvalue weighted by Crippen LogP contribution is -2.51. The minimum atomic E-state index is 0.236. The summed E-state index contributed by atoms with van der Waals surface area (Å²) in [6.07, 6.45) is 4.51. The quantitative estimate of drug-likeness (QED) is 0.468. The van der Waals surface area contributed by atoms with Crippen molar-refractivity contribution in [3.63, 3.8) is 0 Å². The minimum Gasteiger partial charge on any atom is -0.493 e. The predicted octanol–water partition coefficient (Wildman–Crippen LogP) is 4.44. The molecule has 2 aliphatic rings. The number of aromatic hydroxyl groups is 1. The van der Waals surface area contributed by atoms with Gasteiger partial charge in [-0.25, -0.2) is 4.98 Å². The van der Waals surface area contributed by atoms with E-state index in [1.807, 2.05) is 60.7 Å². The first-order valence-corrected chi connectivity index (χ1v) is 12.3. The lowest BCUT2D eigenvalue weighted by atomic mass is 9.91. The topological polar surface area (TPSA) is 66.7 Å². The molecule has 0 spiro atoms. The van der Waals surface area contributed by atoms with Gasteiger partial charge in [0.15, 0.2) is 5.82 Å². The molecule has 0 bridgehead atoms. The number of hydrogen-bond acceptors (Lipinski definition) is 6. The molecule has 1 unspecified atom stereocenters. The van der Waals surface area contributed by atoms with Crippen LogP contribution in [0.25, 0.3) is 5.82 Å². The van der Waals surface area contributed by atoms with Gasteiger partial charge in [-0.1, -0.05) is 24.3 Å². The maximum absolute atomic E-state index is 10.9. The number of aromatic nitrogens is 3. The molecule has 7 heteroatoms. The number of piperazine rings is 1. The van der Waals surface area contributed by atoms with E-state index in [4.69, 9.17) is 4.74 Å². The van der Waals surface area contributed by atoms with E-state index < -0.39 is 0 Å². The van der Waals surface area contributed by atoms with E-state index >= 15 is 0 Å². The first-order chi connectivity index (χ1) is 17.2. The van der Waals surface area contributed by atoms with Crippen molar-refractivity contribution < 1.29 is 9.84 Å². The highest BCUT2D eigenvalue weighted by molar-refractivity contribution is 5.50. The molecular formula is C28H29N5O2. The van der Waals surface area contributed by atoms with Gasteiger partial charge in [-0.2, -0.15) is 9.78 Å². The fourth-order valence-electron chi connectivity index (χ4n) is 5.18. The molecule has 178 valence electrons. The zero-order valence-electron chi connectivity index (χ0n) is 19.6. The fourth-order valence-corrected chi connectivity index (χ4v) is 5.18. The van der Waals surface area contributed by atoms with Crippen LogP contribution in [0.2, 0.25) is 0 Å². The molecule has 2 aromatic heterocycles. The van der Waals surface area contributed by atoms with Gasteiger partial charge in [0.25, 0.3) is 0 Å². The number of ether oxygens (including phenoxy) is 1. The molecule has 1 saturated heterocycles. The van der Waals surface area contributed by atoms with E-state index in [2.05, 4.69) is 32.0 Å². The number of benzene rings is 2. The maximum Gasteiger partial charge on any atom is 0.219 e. The molecule has 1 aliphatic heterocycles. The Hall–Kier alpha value is -3.84. The summed E-state index contributed by atoms with van der Waals surface area (Å²) in [5.74, 6) is 2.59. The van der Waals surface area contributed by atoms with Gasteiger partial charge in [0.1, 0.15) is 11.5 Å². The van der Waals surface area contributed by atoms with E-state index in [0.29, 0.717) is 11.9 Å². The zero-order valence-corrected chi connectivity index (χ0v) is 19.6. The van der Waals surface area contributed by atoms with E-state index in [1.165, 1.54) is 5.69 Å². The summed E-state index contributed by atoms with van der Waals surface area (Å²) < 4.78 is 7.51. The van der Waals surface area contributed by atoms with Crippen molar-refractivity contribution in [2.75, 3.05) is 31.1 Å². The van der Waals surface area contributed by atoms with Crippen LogP contribution >= 0.6 is 0 Å². The van der Waals surface area contributed by atoms with Crippen LogP contribution in [0.15, 0.2) is 79.0 Å². The Kier molecular flexibility index (Phi) is 5.84. The molecule has 6 rings (SSSR count). The summed E-state index contributed by atoms with van der Waals surface area (Å²) in [6, 6.07) is 24.3. The van der Waals surface area contributed by atoms with Crippen LogP contribution < -0.4 is 9.64 Å². The van der Waals surface area contributed by atoms with E-state index in [1.54, 1.807) is 10.9 Å². The Morgan fingerprint density at radius 1 is 0.829 bits per heavy atom. The van der Waals surface area contributed by atoms with Gasteiger partial charge in [0.05, 0.1) is 5.69 Å². The molecule has 1 atom stereocenters. The third kappa shape index (κ3) is 4.47. The van der Waals surface area contributed by atoms with Crippen LogP contribution in [-0.4, -0.2) is 57.0 Å². The Morgan fingerprint density at radius 3 is 2.31 bits per heavy atom. The number of anilines is 1. The summed E-state index contributed by atoms with van der Waals surface area (Å²) in [6.45, 7) is 4.00. The molecule has 1 fully saturated rings. The Balaban J connectivity index is 1.07. The third-order valence-corrected chi connectivity index (χ3v) is 7.07. The molecule has 0 saturated carbocycles. The smallest absolute Gasteiger partial charge is 0.219 e. The highest BCUT2D eigenvalue weighted by atomic mass is 16.5. The van der Waals surface area contributed by atoms with Crippen LogP contribution in [0.4, 0.5) is 5.69 Å². The number of nitrogens with zero attached hydrogens (tertiary/aromatic N) is 5. The van der Waals surface area contributed by atoms with Crippen LogP contribution in [0.1, 0.15) is 17.7 Å². The Morgan fingerprint density at radius 2 is 1.57 bits per heavy atom. The first kappa shape index (κ1) is 21.7. The van der Waals surface area contributed by atoms with E-state index in [9.17, 15) is 5.11 Å². The van der Waals surface area contributed by atoms with Gasteiger partial charge < -0.3 is 14.7 Å². The molecule has 0 radical (unpaired) electrons. The van der Waals surface area contributed by atoms with Gasteiger partial charge >= 0.3 is 0 Å². The van der Waals surface area contributed by atoms with Crippen molar-refractivity contribution in [3.8, 4) is 23.2 Å². The number of pyridine rings is 1. The average molecular weight is 468 g/mol. The first-order valence-electron chi connectivity index (χ1n) is 12.3. The SMILES string of the molecule is Oc1c2c(nn1-c1ccccn1)CCC(N1CCN(c3ccc(Oc4ccccc4)cc3)CC1)C2. The number of fused-ring (bicyclic) bond motifs is 1. The number of aryl methyl sites for hydroxylation is 1. The minimum absolute atomic E-state index is 0.236. The van der Waals surface area contributed by atoms with Gasteiger partial charge in [-0.3, -0.25) is 4.90 Å². The summed E-state index contributed by atoms with van der Waals surface area (Å²) in [5, 5.41) is 15.5. The molecule has 35 heavy (non-hydrogen) atoms. The summed E-state index contributed by atoms with van der Waals surface area (Å²) in [7, 11) is 0. The van der Waals surface area contributed by atoms with Crippen molar-refractivity contribution in [2.45, 2.75) is 25.3 Å². The van der Waals surface area contributed by atoms with E-state index in [0.717, 1.165) is 68.2 Å². The van der Waals surface area contributed by atoms with Crippen LogP contribution in [0.3, 0.4) is 0 Å². The zero-order chi connectivity index (χ0) is 23.6. The highest BCUT2D eigenvalue weighted by Crippen LogP contribution is 2.33. The van der Waals surface area contributed by atoms with Crippen molar-refractivity contribution in [2.24, 2.45) is 0 Å².